The molecule has 0 atom stereocenters. The van der Waals surface area contributed by atoms with E-state index in [1.165, 1.54) is 29.6 Å². The van der Waals surface area contributed by atoms with Gasteiger partial charge in [0.2, 0.25) is 5.91 Å². The number of esters is 1. The average molecular weight is 375 g/mol. The number of halogens is 1. The van der Waals surface area contributed by atoms with Gasteiger partial charge in [0.1, 0.15) is 9.77 Å². The predicted octanol–water partition coefficient (Wildman–Crippen LogP) is 2.09. The fourth-order valence-corrected chi connectivity index (χ4v) is 4.33. The molecular weight excluding hydrogens is 364 g/mol. The lowest BCUT2D eigenvalue weighted by atomic mass is 10.2. The number of rotatable bonds is 5. The lowest BCUT2D eigenvalue weighted by Gasteiger charge is -2.09. The molecule has 0 spiro atoms. The van der Waals surface area contributed by atoms with Gasteiger partial charge in [0, 0.05) is 5.69 Å². The van der Waals surface area contributed by atoms with Crippen LogP contribution >= 0.6 is 22.9 Å². The van der Waals surface area contributed by atoms with Crippen molar-refractivity contribution in [2.24, 2.45) is 5.73 Å². The number of nitrogens with one attached hydrogen (secondary N) is 1. The van der Waals surface area contributed by atoms with Crippen molar-refractivity contribution < 1.29 is 22.7 Å². The van der Waals surface area contributed by atoms with E-state index in [1.54, 1.807) is 0 Å². The van der Waals surface area contributed by atoms with Crippen LogP contribution in [0.15, 0.2) is 34.5 Å². The fourth-order valence-electron chi connectivity index (χ4n) is 1.74. The topological polar surface area (TPSA) is 116 Å². The van der Waals surface area contributed by atoms with E-state index in [0.29, 0.717) is 0 Å². The molecule has 3 N–H and O–H groups in total. The molecule has 10 heteroatoms. The van der Waals surface area contributed by atoms with E-state index in [9.17, 15) is 18.0 Å². The summed E-state index contributed by atoms with van der Waals surface area (Å²) in [5.74, 6) is -1.55. The molecule has 0 fully saturated rings. The Morgan fingerprint density at radius 3 is 2.61 bits per heavy atom. The number of primary amides is 1. The Balaban J connectivity index is 2.40. The summed E-state index contributed by atoms with van der Waals surface area (Å²) >= 11 is 6.75. The van der Waals surface area contributed by atoms with Gasteiger partial charge >= 0.3 is 5.97 Å². The van der Waals surface area contributed by atoms with Crippen molar-refractivity contribution in [3.63, 3.8) is 0 Å². The summed E-state index contributed by atoms with van der Waals surface area (Å²) in [5.41, 5.74) is 5.23. The van der Waals surface area contributed by atoms with Crippen LogP contribution in [0.3, 0.4) is 0 Å². The van der Waals surface area contributed by atoms with Crippen LogP contribution < -0.4 is 10.5 Å². The SMILES string of the molecule is COC(=O)c1sccc1S(=O)(=O)Nc1ccc(Cl)c(C(N)=O)c1. The number of anilines is 1. The zero-order valence-corrected chi connectivity index (χ0v) is 14.1. The fraction of sp³-hybridized carbons (Fsp3) is 0.0769. The minimum atomic E-state index is -4.05. The second-order valence-electron chi connectivity index (χ2n) is 4.27. The molecule has 2 aromatic rings. The van der Waals surface area contributed by atoms with E-state index in [2.05, 4.69) is 9.46 Å². The molecule has 122 valence electrons. The van der Waals surface area contributed by atoms with Gasteiger partial charge in [0.05, 0.1) is 17.7 Å². The third kappa shape index (κ3) is 3.63. The first-order chi connectivity index (χ1) is 10.8. The highest BCUT2D eigenvalue weighted by Crippen LogP contribution is 2.26. The van der Waals surface area contributed by atoms with Crippen LogP contribution in [0.4, 0.5) is 5.69 Å². The lowest BCUT2D eigenvalue weighted by molar-refractivity contribution is 0.0602. The number of hydrogen-bond donors (Lipinski definition) is 2. The summed E-state index contributed by atoms with van der Waals surface area (Å²) in [6.45, 7) is 0. The van der Waals surface area contributed by atoms with Crippen molar-refractivity contribution in [2.75, 3.05) is 11.8 Å². The standard InChI is InChI=1S/C13H11ClN2O5S2/c1-21-13(18)11-10(4-5-22-11)23(19,20)16-7-2-3-9(14)8(6-7)12(15)17/h2-6,16H,1H3,(H2,15,17). The summed E-state index contributed by atoms with van der Waals surface area (Å²) in [5, 5.41) is 1.56. The van der Waals surface area contributed by atoms with Gasteiger partial charge in [-0.25, -0.2) is 13.2 Å². The minimum absolute atomic E-state index is 0.0228. The molecule has 7 nitrogen and oxygen atoms in total. The van der Waals surface area contributed by atoms with E-state index >= 15 is 0 Å². The Labute approximate surface area is 141 Å². The smallest absolute Gasteiger partial charge is 0.349 e. The second-order valence-corrected chi connectivity index (χ2v) is 7.24. The first-order valence-corrected chi connectivity index (χ1v) is 8.78. The van der Waals surface area contributed by atoms with Crippen molar-refractivity contribution in [3.05, 3.63) is 45.1 Å². The van der Waals surface area contributed by atoms with Gasteiger partial charge in [0.25, 0.3) is 10.0 Å². The van der Waals surface area contributed by atoms with Gasteiger partial charge in [-0.05, 0) is 29.6 Å². The summed E-state index contributed by atoms with van der Waals surface area (Å²) in [6.07, 6.45) is 0. The molecule has 1 amide bonds. The molecule has 0 saturated heterocycles. The highest BCUT2D eigenvalue weighted by molar-refractivity contribution is 7.93. The number of nitrogens with two attached hydrogens (primary N) is 1. The molecule has 1 aromatic heterocycles. The normalized spacial score (nSPS) is 11.0. The highest BCUT2D eigenvalue weighted by Gasteiger charge is 2.25. The maximum absolute atomic E-state index is 12.4. The van der Waals surface area contributed by atoms with Crippen LogP contribution in [-0.4, -0.2) is 27.4 Å². The third-order valence-electron chi connectivity index (χ3n) is 2.77. The quantitative estimate of drug-likeness (QED) is 0.777. The monoisotopic (exact) mass is 374 g/mol. The summed E-state index contributed by atoms with van der Waals surface area (Å²) in [6, 6.07) is 5.21. The number of benzene rings is 1. The first-order valence-electron chi connectivity index (χ1n) is 6.04. The van der Waals surface area contributed by atoms with Crippen LogP contribution in [0.1, 0.15) is 20.0 Å². The number of ether oxygens (including phenoxy) is 1. The van der Waals surface area contributed by atoms with Crippen LogP contribution in [0, 0.1) is 0 Å². The van der Waals surface area contributed by atoms with Crippen molar-refractivity contribution >= 4 is 50.5 Å². The first kappa shape index (κ1) is 17.3. The minimum Gasteiger partial charge on any atom is -0.465 e. The number of carbonyl (C=O) groups is 2. The van der Waals surface area contributed by atoms with Gasteiger partial charge < -0.3 is 10.5 Å². The molecule has 0 saturated carbocycles. The molecular formula is C13H11ClN2O5S2. The van der Waals surface area contributed by atoms with Crippen LogP contribution in [0.2, 0.25) is 5.02 Å². The largest absolute Gasteiger partial charge is 0.465 e. The van der Waals surface area contributed by atoms with E-state index < -0.39 is 21.9 Å². The average Bonchev–Trinajstić information content (AvgIpc) is 2.98. The highest BCUT2D eigenvalue weighted by atomic mass is 35.5. The van der Waals surface area contributed by atoms with Crippen molar-refractivity contribution in [1.29, 1.82) is 0 Å². The maximum Gasteiger partial charge on any atom is 0.349 e. The zero-order chi connectivity index (χ0) is 17.2. The Hall–Kier alpha value is -2.10. The second kappa shape index (κ2) is 6.57. The number of methoxy groups -OCH3 is 1. The van der Waals surface area contributed by atoms with Gasteiger partial charge in [-0.3, -0.25) is 9.52 Å². The van der Waals surface area contributed by atoms with Gasteiger partial charge in [-0.1, -0.05) is 11.6 Å². The molecule has 0 aliphatic carbocycles. The van der Waals surface area contributed by atoms with Gasteiger partial charge in [0.15, 0.2) is 0 Å². The number of hydrogen-bond acceptors (Lipinski definition) is 6. The van der Waals surface area contributed by atoms with Gasteiger partial charge in [-0.15, -0.1) is 11.3 Å². The van der Waals surface area contributed by atoms with E-state index in [0.717, 1.165) is 18.4 Å². The zero-order valence-electron chi connectivity index (χ0n) is 11.7. The Morgan fingerprint density at radius 1 is 1.30 bits per heavy atom. The molecule has 0 aliphatic rings. The van der Waals surface area contributed by atoms with E-state index in [-0.39, 0.29) is 26.0 Å². The van der Waals surface area contributed by atoms with Crippen molar-refractivity contribution in [3.8, 4) is 0 Å². The Morgan fingerprint density at radius 2 is 2.00 bits per heavy atom. The van der Waals surface area contributed by atoms with Crippen LogP contribution in [-0.2, 0) is 14.8 Å². The number of thiophene rings is 1. The van der Waals surface area contributed by atoms with E-state index in [1.807, 2.05) is 0 Å². The molecule has 1 heterocycles. The molecule has 0 aliphatic heterocycles. The maximum atomic E-state index is 12.4. The van der Waals surface area contributed by atoms with Gasteiger partial charge in [-0.2, -0.15) is 0 Å². The van der Waals surface area contributed by atoms with Crippen molar-refractivity contribution in [1.82, 2.24) is 0 Å². The van der Waals surface area contributed by atoms with Crippen LogP contribution in [0.5, 0.6) is 0 Å². The van der Waals surface area contributed by atoms with Crippen LogP contribution in [0.25, 0.3) is 0 Å². The molecule has 0 unspecified atom stereocenters. The number of sulfonamides is 1. The summed E-state index contributed by atoms with van der Waals surface area (Å²) in [7, 11) is -2.89. The molecule has 23 heavy (non-hydrogen) atoms. The Kier molecular flexibility index (Phi) is 4.93. The number of amides is 1. The molecule has 2 rings (SSSR count). The predicted molar refractivity (Wildman–Crippen MR) is 86.4 cm³/mol. The summed E-state index contributed by atoms with van der Waals surface area (Å²) < 4.78 is 31.6. The summed E-state index contributed by atoms with van der Waals surface area (Å²) in [4.78, 5) is 22.6. The molecule has 0 radical (unpaired) electrons. The Bertz CT molecular complexity index is 876. The van der Waals surface area contributed by atoms with E-state index in [4.69, 9.17) is 17.3 Å². The third-order valence-corrected chi connectivity index (χ3v) is 5.55. The number of carbonyl (C=O) groups excluding carboxylic acids is 2. The van der Waals surface area contributed by atoms with Crippen molar-refractivity contribution in [2.45, 2.75) is 4.90 Å². The molecule has 0 bridgehead atoms. The lowest BCUT2D eigenvalue weighted by Crippen LogP contribution is -2.17. The molecule has 1 aromatic carbocycles.